The lowest BCUT2D eigenvalue weighted by Crippen LogP contribution is -2.15. The first kappa shape index (κ1) is 45.7. The van der Waals surface area contributed by atoms with Gasteiger partial charge in [0, 0.05) is 65.6 Å². The molecule has 0 atom stereocenters. The molecule has 4 heteroatoms. The Hall–Kier alpha value is -10.2. The van der Waals surface area contributed by atoms with Gasteiger partial charge in [0.25, 0.3) is 0 Å². The molecule has 0 radical (unpaired) electrons. The number of benzene rings is 13. The summed E-state index contributed by atoms with van der Waals surface area (Å²) in [5, 5.41) is 16.0. The summed E-state index contributed by atoms with van der Waals surface area (Å²) in [6, 6.07) is 90.5. The van der Waals surface area contributed by atoms with Gasteiger partial charge in [-0.3, -0.25) is 0 Å². The third-order valence-corrected chi connectivity index (χ3v) is 19.0. The van der Waals surface area contributed by atoms with Crippen LogP contribution in [0.4, 0.5) is 0 Å². The van der Waals surface area contributed by atoms with Crippen LogP contribution in [-0.4, -0.2) is 19.1 Å². The molecule has 18 rings (SSSR count). The molecule has 13 aromatic carbocycles. The van der Waals surface area contributed by atoms with Crippen LogP contribution in [0.5, 0.6) is 0 Å². The molecular formula is C78H52N4. The predicted molar refractivity (Wildman–Crippen MR) is 344 cm³/mol. The van der Waals surface area contributed by atoms with Crippen molar-refractivity contribution in [2.24, 2.45) is 0 Å². The highest BCUT2D eigenvalue weighted by Crippen LogP contribution is 2.54. The van der Waals surface area contributed by atoms with Gasteiger partial charge in [-0.15, -0.1) is 0 Å². The Labute approximate surface area is 473 Å². The van der Waals surface area contributed by atoms with Crippen molar-refractivity contribution in [3.05, 3.63) is 265 Å². The molecule has 0 N–H and O–H groups in total. The Morgan fingerprint density at radius 3 is 1.50 bits per heavy atom. The molecule has 3 aromatic heterocycles. The minimum Gasteiger partial charge on any atom is -0.309 e. The Kier molecular flexibility index (Phi) is 9.05. The van der Waals surface area contributed by atoms with Gasteiger partial charge in [-0.2, -0.15) is 0 Å². The molecule has 0 bridgehead atoms. The van der Waals surface area contributed by atoms with Crippen molar-refractivity contribution in [2.45, 2.75) is 38.5 Å². The summed E-state index contributed by atoms with van der Waals surface area (Å²) in [6.45, 7) is 9.49. The van der Waals surface area contributed by atoms with Crippen LogP contribution < -0.4 is 0 Å². The highest BCUT2D eigenvalue weighted by molar-refractivity contribution is 6.33. The van der Waals surface area contributed by atoms with Crippen LogP contribution in [0.25, 0.3) is 154 Å². The van der Waals surface area contributed by atoms with Crippen LogP contribution in [-0.2, 0) is 10.8 Å². The van der Waals surface area contributed by atoms with E-state index in [-0.39, 0.29) is 10.8 Å². The first-order valence-corrected chi connectivity index (χ1v) is 28.7. The van der Waals surface area contributed by atoms with Gasteiger partial charge in [0.05, 0.1) is 33.3 Å². The lowest BCUT2D eigenvalue weighted by Gasteiger charge is -2.23. The van der Waals surface area contributed by atoms with Crippen molar-refractivity contribution in [3.8, 4) is 56.3 Å². The van der Waals surface area contributed by atoms with Crippen LogP contribution in [0.1, 0.15) is 49.9 Å². The van der Waals surface area contributed by atoms with E-state index < -0.39 is 0 Å². The number of rotatable bonds is 4. The van der Waals surface area contributed by atoms with Crippen molar-refractivity contribution in [2.75, 3.05) is 0 Å². The maximum atomic E-state index is 5.76. The lowest BCUT2D eigenvalue weighted by atomic mass is 9.81. The molecule has 2 aliphatic carbocycles. The van der Waals surface area contributed by atoms with E-state index in [0.29, 0.717) is 0 Å². The van der Waals surface area contributed by atoms with Crippen molar-refractivity contribution >= 4 is 97.6 Å². The van der Waals surface area contributed by atoms with Gasteiger partial charge >= 0.3 is 0 Å². The highest BCUT2D eigenvalue weighted by atomic mass is 15.0. The van der Waals surface area contributed by atoms with E-state index in [4.69, 9.17) is 9.97 Å². The Morgan fingerprint density at radius 2 is 0.829 bits per heavy atom. The van der Waals surface area contributed by atoms with E-state index in [9.17, 15) is 0 Å². The molecule has 0 saturated carbocycles. The molecule has 16 aromatic rings. The zero-order chi connectivity index (χ0) is 54.3. The van der Waals surface area contributed by atoms with Gasteiger partial charge in [-0.1, -0.05) is 185 Å². The fourth-order valence-electron chi connectivity index (χ4n) is 15.0. The summed E-state index contributed by atoms with van der Waals surface area (Å²) < 4.78 is 4.98. The minimum absolute atomic E-state index is 0.213. The van der Waals surface area contributed by atoms with E-state index in [1.807, 2.05) is 0 Å². The second-order valence-corrected chi connectivity index (χ2v) is 24.1. The SMILES string of the molecule is CC1(C)c2cc(-c3nc(-c4ccc5c(c4)C(C)(C)c4cc6ccccc6cc4-5)c4cc(-n5c6ccccc6c6cc7c8c9ccccc9c9ccccc9c8n(-c8ccccc8)c7cc65)ccc4n3)ccc2-c2cc3ccccc3cc21. The Balaban J connectivity index is 0.885. The number of hydrogen-bond acceptors (Lipinski definition) is 2. The van der Waals surface area contributed by atoms with Crippen molar-refractivity contribution in [1.29, 1.82) is 0 Å². The first-order valence-electron chi connectivity index (χ1n) is 28.7. The van der Waals surface area contributed by atoms with Crippen molar-refractivity contribution < 1.29 is 0 Å². The summed E-state index contributed by atoms with van der Waals surface area (Å²) in [5.74, 6) is 0.720. The fourth-order valence-corrected chi connectivity index (χ4v) is 15.0. The molecule has 0 saturated heterocycles. The number of fused-ring (bicyclic) bond motifs is 20. The average Bonchev–Trinajstić information content (AvgIpc) is 2.69. The van der Waals surface area contributed by atoms with Gasteiger partial charge in [-0.05, 0) is 167 Å². The summed E-state index contributed by atoms with van der Waals surface area (Å²) >= 11 is 0. The van der Waals surface area contributed by atoms with Gasteiger partial charge in [0.2, 0.25) is 0 Å². The molecule has 384 valence electrons. The quantitative estimate of drug-likeness (QED) is 0.165. The van der Waals surface area contributed by atoms with Crippen molar-refractivity contribution in [1.82, 2.24) is 19.1 Å². The molecule has 0 aliphatic heterocycles. The van der Waals surface area contributed by atoms with Gasteiger partial charge in [0.15, 0.2) is 5.82 Å². The zero-order valence-electron chi connectivity index (χ0n) is 45.9. The third-order valence-electron chi connectivity index (χ3n) is 19.0. The molecule has 2 aliphatic rings. The minimum atomic E-state index is -0.234. The maximum Gasteiger partial charge on any atom is 0.160 e. The Morgan fingerprint density at radius 1 is 0.305 bits per heavy atom. The maximum absolute atomic E-state index is 5.76. The van der Waals surface area contributed by atoms with Gasteiger partial charge < -0.3 is 9.13 Å². The zero-order valence-corrected chi connectivity index (χ0v) is 45.9. The summed E-state index contributed by atoms with van der Waals surface area (Å²) in [6.07, 6.45) is 0. The normalized spacial score (nSPS) is 14.0. The molecule has 3 heterocycles. The molecule has 0 spiro atoms. The van der Waals surface area contributed by atoms with E-state index in [1.54, 1.807) is 0 Å². The lowest BCUT2D eigenvalue weighted by molar-refractivity contribution is 0.661. The number of para-hydroxylation sites is 2. The summed E-state index contributed by atoms with van der Waals surface area (Å²) in [4.78, 5) is 11.3. The molecule has 82 heavy (non-hydrogen) atoms. The van der Waals surface area contributed by atoms with E-state index in [0.717, 1.165) is 61.5 Å². The highest BCUT2D eigenvalue weighted by Gasteiger charge is 2.38. The van der Waals surface area contributed by atoms with Crippen LogP contribution in [0.2, 0.25) is 0 Å². The van der Waals surface area contributed by atoms with Crippen LogP contribution in [0.15, 0.2) is 243 Å². The summed E-state index contributed by atoms with van der Waals surface area (Å²) in [5.41, 5.74) is 20.8. The Bertz CT molecular complexity index is 5520. The number of aromatic nitrogens is 4. The second-order valence-electron chi connectivity index (χ2n) is 24.1. The van der Waals surface area contributed by atoms with Gasteiger partial charge in [0.1, 0.15) is 0 Å². The number of nitrogens with zero attached hydrogens (tertiary/aromatic N) is 4. The largest absolute Gasteiger partial charge is 0.309 e. The van der Waals surface area contributed by atoms with E-state index >= 15 is 0 Å². The average molecular weight is 1050 g/mol. The van der Waals surface area contributed by atoms with E-state index in [1.165, 1.54) is 115 Å². The third kappa shape index (κ3) is 6.16. The van der Waals surface area contributed by atoms with E-state index in [2.05, 4.69) is 279 Å². The monoisotopic (exact) mass is 1040 g/mol. The second kappa shape index (κ2) is 16.2. The topological polar surface area (TPSA) is 35.6 Å². The first-order chi connectivity index (χ1) is 40.2. The molecule has 0 fully saturated rings. The van der Waals surface area contributed by atoms with Crippen LogP contribution in [0, 0.1) is 0 Å². The van der Waals surface area contributed by atoms with Crippen LogP contribution >= 0.6 is 0 Å². The molecular weight excluding hydrogens is 993 g/mol. The van der Waals surface area contributed by atoms with Gasteiger partial charge in [-0.25, -0.2) is 9.97 Å². The summed E-state index contributed by atoms with van der Waals surface area (Å²) in [7, 11) is 0. The standard InChI is InChI=1S/C78H52N4/c1-77(2)65-40-49(30-33-55(65)60-36-45-18-8-10-20-47(45)38-67(60)77)74-63-42-52(32-35-69(63)79-76(80-74)50-31-34-56-61-37-46-19-9-11-21-48(46)39-68(61)78(3,4)66(56)41-50)81-70-29-17-16-26-57(70)62-43-64-72(44-71(62)81)82(51-22-6-5-7-23-51)75-59-28-15-13-25-54(59)53-24-12-14-27-58(53)73(64)75/h5-44H,1-4H3. The smallest absolute Gasteiger partial charge is 0.160 e. The fraction of sp³-hybridized carbons (Fsp3) is 0.0769. The van der Waals surface area contributed by atoms with Crippen LogP contribution in [0.3, 0.4) is 0 Å². The number of hydrogen-bond donors (Lipinski definition) is 0. The van der Waals surface area contributed by atoms with Crippen molar-refractivity contribution in [3.63, 3.8) is 0 Å². The molecule has 4 nitrogen and oxygen atoms in total. The molecule has 0 amide bonds. The molecule has 0 unspecified atom stereocenters. The predicted octanol–water partition coefficient (Wildman–Crippen LogP) is 20.4.